The molecule has 3 aromatic carbocycles. The van der Waals surface area contributed by atoms with Crippen molar-refractivity contribution in [1.29, 1.82) is 0 Å². The molecule has 0 aliphatic carbocycles. The zero-order valence-electron chi connectivity index (χ0n) is 19.8. The van der Waals surface area contributed by atoms with Gasteiger partial charge in [0.25, 0.3) is 5.56 Å². The summed E-state index contributed by atoms with van der Waals surface area (Å²) >= 11 is 0. The number of methoxy groups -OCH3 is 1. The van der Waals surface area contributed by atoms with Gasteiger partial charge < -0.3 is 14.6 Å². The monoisotopic (exact) mass is 483 g/mol. The highest BCUT2D eigenvalue weighted by atomic mass is 16.5. The summed E-state index contributed by atoms with van der Waals surface area (Å²) in [6.45, 7) is 0.537. The summed E-state index contributed by atoms with van der Waals surface area (Å²) in [6, 6.07) is 22.8. The van der Waals surface area contributed by atoms with Crippen molar-refractivity contribution in [3.05, 3.63) is 106 Å². The molecule has 9 heteroatoms. The number of amides is 1. The van der Waals surface area contributed by atoms with Crippen molar-refractivity contribution in [3.8, 4) is 0 Å². The normalized spacial score (nSPS) is 11.2. The Morgan fingerprint density at radius 1 is 0.944 bits per heavy atom. The molecular weight excluding hydrogens is 458 g/mol. The third-order valence-corrected chi connectivity index (χ3v) is 6.04. The highest BCUT2D eigenvalue weighted by Gasteiger charge is 2.20. The van der Waals surface area contributed by atoms with Gasteiger partial charge in [-0.2, -0.15) is 0 Å². The third-order valence-electron chi connectivity index (χ3n) is 6.04. The molecule has 0 radical (unpaired) electrons. The number of aromatic nitrogens is 4. The van der Waals surface area contributed by atoms with Crippen LogP contribution in [0.25, 0.3) is 21.9 Å². The number of hydrogen-bond donors (Lipinski definition) is 1. The molecule has 0 aliphatic heterocycles. The van der Waals surface area contributed by atoms with Crippen LogP contribution in [0.3, 0.4) is 0 Å². The zero-order valence-corrected chi connectivity index (χ0v) is 19.8. The first-order valence-electron chi connectivity index (χ1n) is 11.5. The predicted molar refractivity (Wildman–Crippen MR) is 138 cm³/mol. The average molecular weight is 484 g/mol. The van der Waals surface area contributed by atoms with E-state index in [0.29, 0.717) is 18.8 Å². The molecule has 1 amide bonds. The largest absolute Gasteiger partial charge is 0.383 e. The Bertz CT molecular complexity index is 1670. The topological polar surface area (TPSA) is 100 Å². The number of hydrogen-bond acceptors (Lipinski definition) is 5. The molecule has 0 aliphatic rings. The molecule has 5 rings (SSSR count). The molecule has 0 fully saturated rings. The lowest BCUT2D eigenvalue weighted by Crippen LogP contribution is -2.43. The van der Waals surface area contributed by atoms with Crippen molar-refractivity contribution in [2.75, 3.05) is 19.0 Å². The number of ether oxygens (including phenoxy) is 1. The molecule has 0 saturated heterocycles. The average Bonchev–Trinajstić information content (AvgIpc) is 3.32. The lowest BCUT2D eigenvalue weighted by molar-refractivity contribution is -0.116. The first-order valence-corrected chi connectivity index (χ1v) is 11.5. The van der Waals surface area contributed by atoms with Gasteiger partial charge in [-0.1, -0.05) is 60.7 Å². The molecule has 1 N–H and O–H groups in total. The summed E-state index contributed by atoms with van der Waals surface area (Å²) in [4.78, 5) is 44.2. The SMILES string of the molecule is COCCn1cnc2c1c(=O)n(CC(=O)Nc1ccc3ccccc3c1)c(=O)n2Cc1ccccc1. The summed E-state index contributed by atoms with van der Waals surface area (Å²) in [5.41, 5.74) is 0.821. The molecule has 5 aromatic rings. The number of carbonyl (C=O) groups is 1. The summed E-state index contributed by atoms with van der Waals surface area (Å²) < 4.78 is 9.20. The van der Waals surface area contributed by atoms with E-state index in [4.69, 9.17) is 4.74 Å². The molecule has 0 saturated carbocycles. The number of rotatable bonds is 8. The number of nitrogens with zero attached hydrogens (tertiary/aromatic N) is 4. The van der Waals surface area contributed by atoms with Gasteiger partial charge in [-0.25, -0.2) is 14.3 Å². The Morgan fingerprint density at radius 2 is 1.69 bits per heavy atom. The molecule has 2 aromatic heterocycles. The van der Waals surface area contributed by atoms with E-state index in [2.05, 4.69) is 10.3 Å². The second-order valence-electron chi connectivity index (χ2n) is 8.46. The highest BCUT2D eigenvalue weighted by molar-refractivity contribution is 5.94. The number of benzene rings is 3. The third kappa shape index (κ3) is 4.56. The molecule has 2 heterocycles. The van der Waals surface area contributed by atoms with Crippen molar-refractivity contribution in [2.24, 2.45) is 0 Å². The van der Waals surface area contributed by atoms with E-state index < -0.39 is 23.7 Å². The molecule has 9 nitrogen and oxygen atoms in total. The van der Waals surface area contributed by atoms with E-state index in [1.54, 1.807) is 17.7 Å². The number of nitrogens with one attached hydrogen (secondary N) is 1. The van der Waals surface area contributed by atoms with Gasteiger partial charge in [0.15, 0.2) is 11.2 Å². The molecule has 0 spiro atoms. The molecule has 0 atom stereocenters. The van der Waals surface area contributed by atoms with Crippen LogP contribution in [0, 0.1) is 0 Å². The maximum absolute atomic E-state index is 13.5. The Labute approximate surface area is 206 Å². The molecule has 0 unspecified atom stereocenters. The Kier molecular flexibility index (Phi) is 6.46. The van der Waals surface area contributed by atoms with Crippen LogP contribution in [0.2, 0.25) is 0 Å². The number of imidazole rings is 1. The fourth-order valence-corrected chi connectivity index (χ4v) is 4.26. The Morgan fingerprint density at radius 3 is 2.47 bits per heavy atom. The van der Waals surface area contributed by atoms with Crippen molar-refractivity contribution in [1.82, 2.24) is 18.7 Å². The van der Waals surface area contributed by atoms with Gasteiger partial charge in [-0.05, 0) is 28.5 Å². The Balaban J connectivity index is 1.53. The van der Waals surface area contributed by atoms with Gasteiger partial charge in [0.2, 0.25) is 5.91 Å². The standard InChI is InChI=1S/C27H25N5O4/c1-36-14-13-30-18-28-25-24(30)26(34)32(27(35)31(25)16-19-7-3-2-4-8-19)17-23(33)29-22-12-11-20-9-5-6-10-21(20)15-22/h2-12,15,18H,13-14,16-17H2,1H3,(H,29,33). The Hall–Kier alpha value is -4.50. The van der Waals surface area contributed by atoms with Crippen LogP contribution in [0.15, 0.2) is 88.7 Å². The minimum absolute atomic E-state index is 0.212. The summed E-state index contributed by atoms with van der Waals surface area (Å²) in [5, 5.41) is 4.83. The fraction of sp³-hybridized carbons (Fsp3) is 0.185. The van der Waals surface area contributed by atoms with Crippen molar-refractivity contribution >= 4 is 33.5 Å². The van der Waals surface area contributed by atoms with Gasteiger partial charge in [0, 0.05) is 19.3 Å². The smallest absolute Gasteiger partial charge is 0.333 e. The van der Waals surface area contributed by atoms with E-state index >= 15 is 0 Å². The molecule has 36 heavy (non-hydrogen) atoms. The minimum atomic E-state index is -0.595. The second-order valence-corrected chi connectivity index (χ2v) is 8.46. The molecule has 182 valence electrons. The van der Waals surface area contributed by atoms with Gasteiger partial charge in [-0.15, -0.1) is 0 Å². The maximum Gasteiger partial charge on any atom is 0.333 e. The lowest BCUT2D eigenvalue weighted by Gasteiger charge is -2.13. The van der Waals surface area contributed by atoms with Gasteiger partial charge in [0.1, 0.15) is 6.54 Å². The quantitative estimate of drug-likeness (QED) is 0.366. The minimum Gasteiger partial charge on any atom is -0.383 e. The first-order chi connectivity index (χ1) is 17.5. The van der Waals surface area contributed by atoms with Crippen LogP contribution < -0.4 is 16.6 Å². The van der Waals surface area contributed by atoms with Gasteiger partial charge in [0.05, 0.1) is 19.5 Å². The van der Waals surface area contributed by atoms with E-state index in [9.17, 15) is 14.4 Å². The van der Waals surface area contributed by atoms with Crippen molar-refractivity contribution in [2.45, 2.75) is 19.6 Å². The van der Waals surface area contributed by atoms with Crippen LogP contribution in [-0.2, 0) is 29.2 Å². The summed E-state index contributed by atoms with van der Waals surface area (Å²) in [6.07, 6.45) is 1.52. The molecule has 0 bridgehead atoms. The summed E-state index contributed by atoms with van der Waals surface area (Å²) in [5.74, 6) is -0.474. The molecular formula is C27H25N5O4. The maximum atomic E-state index is 13.5. The first kappa shape index (κ1) is 23.3. The van der Waals surface area contributed by atoms with E-state index in [1.165, 1.54) is 10.9 Å². The lowest BCUT2D eigenvalue weighted by atomic mass is 10.1. The fourth-order valence-electron chi connectivity index (χ4n) is 4.26. The van der Waals surface area contributed by atoms with Crippen LogP contribution in [-0.4, -0.2) is 38.3 Å². The van der Waals surface area contributed by atoms with Crippen LogP contribution in [0.5, 0.6) is 0 Å². The van der Waals surface area contributed by atoms with Crippen LogP contribution in [0.4, 0.5) is 5.69 Å². The summed E-state index contributed by atoms with van der Waals surface area (Å²) in [7, 11) is 1.57. The van der Waals surface area contributed by atoms with Crippen molar-refractivity contribution < 1.29 is 9.53 Å². The number of fused-ring (bicyclic) bond motifs is 2. The second kappa shape index (κ2) is 10.0. The van der Waals surface area contributed by atoms with E-state index in [-0.39, 0.29) is 17.7 Å². The highest BCUT2D eigenvalue weighted by Crippen LogP contribution is 2.19. The van der Waals surface area contributed by atoms with Crippen LogP contribution in [0.1, 0.15) is 5.56 Å². The van der Waals surface area contributed by atoms with Crippen molar-refractivity contribution in [3.63, 3.8) is 0 Å². The van der Waals surface area contributed by atoms with E-state index in [0.717, 1.165) is 20.9 Å². The van der Waals surface area contributed by atoms with Gasteiger partial charge in [-0.3, -0.25) is 14.2 Å². The van der Waals surface area contributed by atoms with E-state index in [1.807, 2.05) is 66.7 Å². The predicted octanol–water partition coefficient (Wildman–Crippen LogP) is 2.85. The zero-order chi connectivity index (χ0) is 25.1. The van der Waals surface area contributed by atoms with Crippen LogP contribution >= 0.6 is 0 Å². The number of anilines is 1. The number of carbonyl (C=O) groups excluding carboxylic acids is 1. The van der Waals surface area contributed by atoms with Gasteiger partial charge >= 0.3 is 5.69 Å².